The van der Waals surface area contributed by atoms with Gasteiger partial charge in [-0.1, -0.05) is 66.9 Å². The Balaban J connectivity index is 2.03. The van der Waals surface area contributed by atoms with Gasteiger partial charge in [-0.05, 0) is 82.0 Å². The Labute approximate surface area is 239 Å². The van der Waals surface area contributed by atoms with E-state index in [0.29, 0.717) is 12.2 Å². The quantitative estimate of drug-likeness (QED) is 0.297. The third kappa shape index (κ3) is 7.72. The number of sulfonamides is 1. The van der Waals surface area contributed by atoms with Gasteiger partial charge in [0.15, 0.2) is 0 Å². The minimum atomic E-state index is -4.09. The van der Waals surface area contributed by atoms with Crippen LogP contribution in [0.3, 0.4) is 0 Å². The van der Waals surface area contributed by atoms with Crippen molar-refractivity contribution in [3.63, 3.8) is 0 Å². The molecule has 0 aromatic heterocycles. The number of aryl methyl sites for hydroxylation is 4. The lowest BCUT2D eigenvalue weighted by atomic mass is 10.1. The molecule has 0 saturated carbocycles. The van der Waals surface area contributed by atoms with Crippen LogP contribution in [0.1, 0.15) is 54.5 Å². The highest BCUT2D eigenvalue weighted by Gasteiger charge is 2.32. The maximum absolute atomic E-state index is 14.0. The molecular formula is C32H41N3O4S. The molecule has 0 spiro atoms. The van der Waals surface area contributed by atoms with E-state index in [9.17, 15) is 18.0 Å². The van der Waals surface area contributed by atoms with E-state index in [1.54, 1.807) is 43.3 Å². The fourth-order valence-corrected chi connectivity index (χ4v) is 5.78. The molecule has 2 amide bonds. The Kier molecular flexibility index (Phi) is 10.5. The normalized spacial score (nSPS) is 12.1. The van der Waals surface area contributed by atoms with Crippen molar-refractivity contribution in [3.05, 3.63) is 94.5 Å². The van der Waals surface area contributed by atoms with Gasteiger partial charge in [-0.15, -0.1) is 0 Å². The maximum atomic E-state index is 14.0. The predicted molar refractivity (Wildman–Crippen MR) is 161 cm³/mol. The minimum absolute atomic E-state index is 0.0970. The highest BCUT2D eigenvalue weighted by atomic mass is 32.2. The van der Waals surface area contributed by atoms with E-state index >= 15 is 0 Å². The molecule has 0 aliphatic rings. The van der Waals surface area contributed by atoms with Gasteiger partial charge in [-0.25, -0.2) is 8.42 Å². The molecule has 3 aromatic carbocycles. The van der Waals surface area contributed by atoms with Gasteiger partial charge in [0.25, 0.3) is 10.0 Å². The molecule has 7 nitrogen and oxygen atoms in total. The molecule has 3 rings (SSSR count). The summed E-state index contributed by atoms with van der Waals surface area (Å²) in [5.41, 5.74) is 5.15. The van der Waals surface area contributed by atoms with Crippen LogP contribution in [-0.2, 0) is 26.2 Å². The Morgan fingerprint density at radius 1 is 0.875 bits per heavy atom. The lowest BCUT2D eigenvalue weighted by molar-refractivity contribution is -0.139. The number of hydrogen-bond donors (Lipinski definition) is 1. The molecule has 0 unspecified atom stereocenters. The number of carbonyl (C=O) groups is 2. The molecule has 0 aliphatic heterocycles. The first-order valence-electron chi connectivity index (χ1n) is 13.7. The highest BCUT2D eigenvalue weighted by molar-refractivity contribution is 7.92. The van der Waals surface area contributed by atoms with Crippen molar-refractivity contribution in [2.75, 3.05) is 17.4 Å². The first-order valence-corrected chi connectivity index (χ1v) is 15.2. The summed E-state index contributed by atoms with van der Waals surface area (Å²) in [5, 5.41) is 2.91. The van der Waals surface area contributed by atoms with Gasteiger partial charge < -0.3 is 10.2 Å². The molecule has 0 fully saturated rings. The number of nitrogens with one attached hydrogen (secondary N) is 1. The molecule has 1 N–H and O–H groups in total. The fourth-order valence-electron chi connectivity index (χ4n) is 4.37. The summed E-state index contributed by atoms with van der Waals surface area (Å²) >= 11 is 0. The van der Waals surface area contributed by atoms with Crippen LogP contribution >= 0.6 is 0 Å². The lowest BCUT2D eigenvalue weighted by Gasteiger charge is -2.32. The fraction of sp³-hybridized carbons (Fsp3) is 0.375. The third-order valence-electron chi connectivity index (χ3n) is 7.10. The highest BCUT2D eigenvalue weighted by Crippen LogP contribution is 2.27. The van der Waals surface area contributed by atoms with Crippen molar-refractivity contribution in [1.82, 2.24) is 10.2 Å². The molecule has 214 valence electrons. The summed E-state index contributed by atoms with van der Waals surface area (Å²) in [6.07, 6.45) is 1.77. The number of amides is 2. The summed E-state index contributed by atoms with van der Waals surface area (Å²) in [6.45, 7) is 11.7. The zero-order valence-electron chi connectivity index (χ0n) is 24.4. The van der Waals surface area contributed by atoms with Crippen LogP contribution in [0.25, 0.3) is 0 Å². The van der Waals surface area contributed by atoms with E-state index in [2.05, 4.69) is 5.32 Å². The van der Waals surface area contributed by atoms with Gasteiger partial charge in [0.1, 0.15) is 12.6 Å². The summed E-state index contributed by atoms with van der Waals surface area (Å²) in [7, 11) is -4.09. The monoisotopic (exact) mass is 563 g/mol. The van der Waals surface area contributed by atoms with E-state index in [-0.39, 0.29) is 17.3 Å². The largest absolute Gasteiger partial charge is 0.354 e. The predicted octanol–water partition coefficient (Wildman–Crippen LogP) is 5.45. The summed E-state index contributed by atoms with van der Waals surface area (Å²) in [6, 6.07) is 18.9. The van der Waals surface area contributed by atoms with Crippen molar-refractivity contribution in [1.29, 1.82) is 0 Å². The number of nitrogens with zero attached hydrogens (tertiary/aromatic N) is 2. The van der Waals surface area contributed by atoms with E-state index < -0.39 is 28.5 Å². The van der Waals surface area contributed by atoms with Crippen LogP contribution < -0.4 is 9.62 Å². The molecule has 1 atom stereocenters. The number of carbonyl (C=O) groups excluding carboxylic acids is 2. The van der Waals surface area contributed by atoms with Gasteiger partial charge in [-0.2, -0.15) is 0 Å². The van der Waals surface area contributed by atoms with E-state index in [1.807, 2.05) is 65.0 Å². The number of unbranched alkanes of at least 4 members (excludes halogenated alkanes) is 1. The summed E-state index contributed by atoms with van der Waals surface area (Å²) in [5.74, 6) is -0.734. The second-order valence-electron chi connectivity index (χ2n) is 10.4. The third-order valence-corrected chi connectivity index (χ3v) is 8.89. The van der Waals surface area contributed by atoms with E-state index in [0.717, 1.165) is 45.0 Å². The Hall–Kier alpha value is -3.65. The van der Waals surface area contributed by atoms with Crippen molar-refractivity contribution in [2.24, 2.45) is 0 Å². The second-order valence-corrected chi connectivity index (χ2v) is 12.3. The molecule has 0 heterocycles. The van der Waals surface area contributed by atoms with Crippen molar-refractivity contribution >= 4 is 27.5 Å². The maximum Gasteiger partial charge on any atom is 0.264 e. The number of rotatable bonds is 12. The second kappa shape index (κ2) is 13.6. The van der Waals surface area contributed by atoms with Crippen LogP contribution in [0, 0.1) is 27.7 Å². The van der Waals surface area contributed by atoms with Crippen LogP contribution in [-0.4, -0.2) is 44.3 Å². The molecule has 40 heavy (non-hydrogen) atoms. The Morgan fingerprint density at radius 3 is 2.20 bits per heavy atom. The van der Waals surface area contributed by atoms with Crippen molar-refractivity contribution < 1.29 is 18.0 Å². The molecule has 0 aliphatic carbocycles. The van der Waals surface area contributed by atoms with Crippen LogP contribution in [0.5, 0.6) is 0 Å². The molecule has 0 saturated heterocycles. The average Bonchev–Trinajstić information content (AvgIpc) is 2.91. The first-order chi connectivity index (χ1) is 18.9. The molecule has 3 aromatic rings. The molecular weight excluding hydrogens is 522 g/mol. The van der Waals surface area contributed by atoms with Crippen LogP contribution in [0.2, 0.25) is 0 Å². The zero-order valence-corrected chi connectivity index (χ0v) is 25.2. The first kappa shape index (κ1) is 30.9. The average molecular weight is 564 g/mol. The zero-order chi connectivity index (χ0) is 29.4. The van der Waals surface area contributed by atoms with Gasteiger partial charge in [-0.3, -0.25) is 13.9 Å². The van der Waals surface area contributed by atoms with Crippen molar-refractivity contribution in [2.45, 2.75) is 71.9 Å². The number of hydrogen-bond acceptors (Lipinski definition) is 4. The number of benzene rings is 3. The van der Waals surface area contributed by atoms with Gasteiger partial charge in [0.05, 0.1) is 10.6 Å². The van der Waals surface area contributed by atoms with Gasteiger partial charge in [0.2, 0.25) is 11.8 Å². The SMILES string of the molecule is CCCCNC(=O)[C@H](C)N(Cc1cccc(C)c1)C(=O)CN(c1ccc(C)c(C)c1)S(=O)(=O)c1ccc(C)cc1. The standard InChI is InChI=1S/C32H41N3O4S/c1-7-8-18-33-32(37)27(6)34(21-28-11-9-10-24(3)19-28)31(36)22-35(29-15-14-25(4)26(5)20-29)40(38,39)30-16-12-23(2)13-17-30/h9-17,19-20,27H,7-8,18,21-22H2,1-6H3,(H,33,37)/t27-/m0/s1. The van der Waals surface area contributed by atoms with E-state index in [4.69, 9.17) is 0 Å². The lowest BCUT2D eigenvalue weighted by Crippen LogP contribution is -2.51. The number of anilines is 1. The molecule has 0 radical (unpaired) electrons. The Morgan fingerprint density at radius 2 is 1.57 bits per heavy atom. The van der Waals surface area contributed by atoms with Gasteiger partial charge >= 0.3 is 0 Å². The topological polar surface area (TPSA) is 86.8 Å². The summed E-state index contributed by atoms with van der Waals surface area (Å²) < 4.78 is 29.1. The van der Waals surface area contributed by atoms with Crippen LogP contribution in [0.4, 0.5) is 5.69 Å². The molecule has 0 bridgehead atoms. The molecule has 8 heteroatoms. The van der Waals surface area contributed by atoms with Gasteiger partial charge in [0, 0.05) is 13.1 Å². The smallest absolute Gasteiger partial charge is 0.264 e. The minimum Gasteiger partial charge on any atom is -0.354 e. The van der Waals surface area contributed by atoms with E-state index in [1.165, 1.54) is 4.90 Å². The van der Waals surface area contributed by atoms with Crippen LogP contribution in [0.15, 0.2) is 71.6 Å². The van der Waals surface area contributed by atoms with Crippen molar-refractivity contribution in [3.8, 4) is 0 Å². The summed E-state index contributed by atoms with van der Waals surface area (Å²) in [4.78, 5) is 28.7. The Bertz CT molecular complexity index is 1430.